The number of carbonyl (C=O) groups is 1. The van der Waals surface area contributed by atoms with Crippen molar-refractivity contribution in [3.8, 4) is 0 Å². The smallest absolute Gasteiger partial charge is 0.303 e. The average Bonchev–Trinajstić information content (AvgIpc) is 2.41. The van der Waals surface area contributed by atoms with Crippen molar-refractivity contribution in [1.82, 2.24) is 0 Å². The second kappa shape index (κ2) is 8.27. The first-order valence-corrected chi connectivity index (χ1v) is 6.33. The van der Waals surface area contributed by atoms with Crippen molar-refractivity contribution in [2.24, 2.45) is 0 Å². The lowest BCUT2D eigenvalue weighted by atomic mass is 10.0. The number of rotatable bonds is 7. The molecule has 0 saturated heterocycles. The van der Waals surface area contributed by atoms with Crippen molar-refractivity contribution < 1.29 is 14.6 Å². The van der Waals surface area contributed by atoms with Crippen LogP contribution in [0.3, 0.4) is 0 Å². The van der Waals surface area contributed by atoms with Gasteiger partial charge in [0.2, 0.25) is 0 Å². The number of hydrogen-bond donors (Lipinski definition) is 1. The van der Waals surface area contributed by atoms with Crippen LogP contribution in [0.4, 0.5) is 0 Å². The molecule has 1 unspecified atom stereocenters. The highest BCUT2D eigenvalue weighted by atomic mass is 16.5. The molecule has 0 fully saturated rings. The predicted molar refractivity (Wildman–Crippen MR) is 75.5 cm³/mol. The van der Waals surface area contributed by atoms with Crippen molar-refractivity contribution in [3.05, 3.63) is 60.2 Å². The Balaban J connectivity index is 2.77. The molecule has 0 saturated carbocycles. The minimum atomic E-state index is -0.455. The third-order valence-corrected chi connectivity index (χ3v) is 2.58. The van der Waals surface area contributed by atoms with Crippen LogP contribution in [0.1, 0.15) is 31.4 Å². The van der Waals surface area contributed by atoms with Gasteiger partial charge in [-0.3, -0.25) is 4.79 Å². The van der Waals surface area contributed by atoms with Gasteiger partial charge in [0.15, 0.2) is 6.10 Å². The molecule has 0 bridgehead atoms. The predicted octanol–water partition coefficient (Wildman–Crippen LogP) is 3.18. The number of benzene rings is 1. The fourth-order valence-electron chi connectivity index (χ4n) is 1.68. The maximum absolute atomic E-state index is 11.2. The summed E-state index contributed by atoms with van der Waals surface area (Å²) in [6, 6.07) is 9.51. The second-order valence-electron chi connectivity index (χ2n) is 4.24. The monoisotopic (exact) mass is 260 g/mol. The van der Waals surface area contributed by atoms with Gasteiger partial charge in [0, 0.05) is 13.5 Å². The zero-order chi connectivity index (χ0) is 14.1. The van der Waals surface area contributed by atoms with Crippen LogP contribution in [0, 0.1) is 0 Å². The van der Waals surface area contributed by atoms with Crippen LogP contribution >= 0.6 is 0 Å². The number of aliphatic hydroxyl groups is 1. The first-order chi connectivity index (χ1) is 9.15. The molecular weight excluding hydrogens is 240 g/mol. The maximum atomic E-state index is 11.2. The third kappa shape index (κ3) is 5.53. The fraction of sp³-hybridized carbons (Fsp3) is 0.312. The number of unbranched alkanes of at least 4 members (excludes halogenated alkanes) is 1. The van der Waals surface area contributed by atoms with Gasteiger partial charge >= 0.3 is 5.97 Å². The van der Waals surface area contributed by atoms with E-state index in [1.54, 1.807) is 0 Å². The highest BCUT2D eigenvalue weighted by Gasteiger charge is 2.16. The lowest BCUT2D eigenvalue weighted by Gasteiger charge is -2.17. The highest BCUT2D eigenvalue weighted by molar-refractivity contribution is 5.67. The first-order valence-electron chi connectivity index (χ1n) is 6.33. The Morgan fingerprint density at radius 1 is 1.42 bits per heavy atom. The molecular formula is C16H20O3. The highest BCUT2D eigenvalue weighted by Crippen LogP contribution is 2.25. The van der Waals surface area contributed by atoms with Gasteiger partial charge < -0.3 is 9.84 Å². The molecule has 19 heavy (non-hydrogen) atoms. The number of esters is 1. The molecule has 1 atom stereocenters. The van der Waals surface area contributed by atoms with Crippen LogP contribution in [0.15, 0.2) is 54.6 Å². The van der Waals surface area contributed by atoms with E-state index < -0.39 is 6.10 Å². The summed E-state index contributed by atoms with van der Waals surface area (Å²) in [5.41, 5.74) is 1.62. The van der Waals surface area contributed by atoms with Gasteiger partial charge in [-0.1, -0.05) is 49.1 Å². The molecule has 1 aromatic rings. The Bertz CT molecular complexity index is 435. The van der Waals surface area contributed by atoms with Crippen LogP contribution in [0.25, 0.3) is 0 Å². The molecule has 3 heteroatoms. The van der Waals surface area contributed by atoms with Gasteiger partial charge in [0.25, 0.3) is 0 Å². The van der Waals surface area contributed by atoms with Crippen molar-refractivity contribution in [1.29, 1.82) is 0 Å². The number of hydrogen-bond acceptors (Lipinski definition) is 3. The van der Waals surface area contributed by atoms with Crippen molar-refractivity contribution in [3.63, 3.8) is 0 Å². The molecule has 102 valence electrons. The molecule has 0 aliphatic carbocycles. The van der Waals surface area contributed by atoms with Crippen LogP contribution in [-0.4, -0.2) is 17.7 Å². The zero-order valence-corrected chi connectivity index (χ0v) is 11.2. The van der Waals surface area contributed by atoms with E-state index in [4.69, 9.17) is 9.84 Å². The molecule has 1 aromatic carbocycles. The molecule has 1 rings (SSSR count). The van der Waals surface area contributed by atoms with Crippen LogP contribution < -0.4 is 0 Å². The largest absolute Gasteiger partial charge is 0.453 e. The van der Waals surface area contributed by atoms with Gasteiger partial charge in [-0.2, -0.15) is 0 Å². The molecule has 0 spiro atoms. The van der Waals surface area contributed by atoms with Gasteiger partial charge in [-0.05, 0) is 24.0 Å². The zero-order valence-electron chi connectivity index (χ0n) is 11.2. The van der Waals surface area contributed by atoms with Crippen LogP contribution in [0.2, 0.25) is 0 Å². The Morgan fingerprint density at radius 2 is 2.11 bits per heavy atom. The Hall–Kier alpha value is -1.87. The summed E-state index contributed by atoms with van der Waals surface area (Å²) in [6.07, 6.45) is 4.81. The van der Waals surface area contributed by atoms with E-state index in [0.717, 1.165) is 17.6 Å². The van der Waals surface area contributed by atoms with Crippen LogP contribution in [-0.2, 0) is 9.53 Å². The molecule has 3 nitrogen and oxygen atoms in total. The number of allylic oxidation sites excluding steroid dienone is 1. The minimum absolute atomic E-state index is 0.170. The molecule has 0 aromatic heterocycles. The van der Waals surface area contributed by atoms with Crippen molar-refractivity contribution >= 4 is 5.97 Å². The van der Waals surface area contributed by atoms with E-state index in [9.17, 15) is 4.79 Å². The lowest BCUT2D eigenvalue weighted by molar-refractivity contribution is -0.144. The summed E-state index contributed by atoms with van der Waals surface area (Å²) >= 11 is 0. The van der Waals surface area contributed by atoms with Crippen molar-refractivity contribution in [2.45, 2.75) is 25.9 Å². The molecule has 0 aliphatic heterocycles. The minimum Gasteiger partial charge on any atom is -0.453 e. The van der Waals surface area contributed by atoms with E-state index in [0.29, 0.717) is 6.42 Å². The Kier molecular flexibility index (Phi) is 6.61. The SMILES string of the molecule is C=C(/C=C/CCCO)C(OC(C)=O)c1ccccc1. The summed E-state index contributed by atoms with van der Waals surface area (Å²) < 4.78 is 5.32. The maximum Gasteiger partial charge on any atom is 0.303 e. The van der Waals surface area contributed by atoms with Gasteiger partial charge in [-0.25, -0.2) is 0 Å². The summed E-state index contributed by atoms with van der Waals surface area (Å²) in [6.45, 7) is 5.51. The van der Waals surface area contributed by atoms with E-state index in [1.165, 1.54) is 6.92 Å². The lowest BCUT2D eigenvalue weighted by Crippen LogP contribution is -2.09. The van der Waals surface area contributed by atoms with Gasteiger partial charge in [0.05, 0.1) is 0 Å². The summed E-state index contributed by atoms with van der Waals surface area (Å²) in [5.74, 6) is -0.334. The third-order valence-electron chi connectivity index (χ3n) is 2.58. The molecule has 0 amide bonds. The quantitative estimate of drug-likeness (QED) is 0.465. The Morgan fingerprint density at radius 3 is 2.68 bits per heavy atom. The molecule has 1 N–H and O–H groups in total. The van der Waals surface area contributed by atoms with Gasteiger partial charge in [0.1, 0.15) is 0 Å². The molecule has 0 radical (unpaired) electrons. The second-order valence-corrected chi connectivity index (χ2v) is 4.24. The van der Waals surface area contributed by atoms with Crippen molar-refractivity contribution in [2.75, 3.05) is 6.61 Å². The number of carbonyl (C=O) groups excluding carboxylic acids is 1. The van der Waals surface area contributed by atoms with E-state index in [2.05, 4.69) is 6.58 Å². The number of ether oxygens (including phenoxy) is 1. The van der Waals surface area contributed by atoms with E-state index in [1.807, 2.05) is 42.5 Å². The van der Waals surface area contributed by atoms with E-state index in [-0.39, 0.29) is 12.6 Å². The summed E-state index contributed by atoms with van der Waals surface area (Å²) in [5, 5.41) is 8.71. The standard InChI is InChI=1S/C16H20O3/c1-13(9-5-4-8-12-17)16(19-14(2)18)15-10-6-3-7-11-15/h3,5-7,9-11,16-17H,1,4,8,12H2,2H3/b9-5+. The Labute approximate surface area is 114 Å². The molecule has 0 heterocycles. The average molecular weight is 260 g/mol. The number of aliphatic hydroxyl groups excluding tert-OH is 1. The van der Waals surface area contributed by atoms with Crippen LogP contribution in [0.5, 0.6) is 0 Å². The van der Waals surface area contributed by atoms with Gasteiger partial charge in [-0.15, -0.1) is 0 Å². The first kappa shape index (κ1) is 15.2. The van der Waals surface area contributed by atoms with E-state index >= 15 is 0 Å². The summed E-state index contributed by atoms with van der Waals surface area (Å²) in [7, 11) is 0. The fourth-order valence-corrected chi connectivity index (χ4v) is 1.68. The molecule has 0 aliphatic rings. The topological polar surface area (TPSA) is 46.5 Å². The normalized spacial score (nSPS) is 12.3. The summed E-state index contributed by atoms with van der Waals surface area (Å²) in [4.78, 5) is 11.2.